The number of amides is 1. The molecule has 0 saturated heterocycles. The van der Waals surface area contributed by atoms with E-state index in [0.717, 1.165) is 34.6 Å². The maximum Gasteiger partial charge on any atom is 0.433 e. The number of anilines is 1. The van der Waals surface area contributed by atoms with Crippen LogP contribution in [-0.4, -0.2) is 21.6 Å². The highest BCUT2D eigenvalue weighted by atomic mass is 32.2. The fourth-order valence-corrected chi connectivity index (χ4v) is 3.59. The van der Waals surface area contributed by atoms with Gasteiger partial charge in [-0.05, 0) is 49.6 Å². The minimum Gasteiger partial charge on any atom is -0.463 e. The molecule has 158 valence electrons. The lowest BCUT2D eigenvalue weighted by atomic mass is 10.1. The number of nitrogens with one attached hydrogen (secondary N) is 1. The molecule has 1 N–H and O–H groups in total. The third kappa shape index (κ3) is 5.63. The molecule has 1 amide bonds. The van der Waals surface area contributed by atoms with Gasteiger partial charge in [-0.25, -0.2) is 9.97 Å². The molecule has 3 aromatic rings. The Hall–Kier alpha value is -2.81. The quantitative estimate of drug-likeness (QED) is 0.285. The van der Waals surface area contributed by atoms with Crippen LogP contribution in [-0.2, 0) is 11.0 Å². The lowest BCUT2D eigenvalue weighted by Crippen LogP contribution is -2.13. The van der Waals surface area contributed by atoms with Crippen molar-refractivity contribution in [3.8, 4) is 11.5 Å². The van der Waals surface area contributed by atoms with Crippen molar-refractivity contribution in [3.05, 3.63) is 59.5 Å². The Morgan fingerprint density at radius 3 is 2.50 bits per heavy atom. The summed E-state index contributed by atoms with van der Waals surface area (Å²) in [5.41, 5.74) is 1.78. The summed E-state index contributed by atoms with van der Waals surface area (Å²) in [6.45, 7) is 3.83. The van der Waals surface area contributed by atoms with Gasteiger partial charge in [-0.3, -0.25) is 4.79 Å². The summed E-state index contributed by atoms with van der Waals surface area (Å²) in [4.78, 5) is 20.0. The second kappa shape index (κ2) is 9.34. The van der Waals surface area contributed by atoms with Crippen LogP contribution in [0, 0.1) is 13.8 Å². The number of aryl methyl sites for hydroxylation is 2. The molecule has 0 aliphatic rings. The van der Waals surface area contributed by atoms with Crippen LogP contribution in [0.5, 0.6) is 0 Å². The Labute approximate surface area is 176 Å². The molecular weight excluding hydrogens is 415 g/mol. The monoisotopic (exact) mass is 435 g/mol. The molecular formula is C21H20F3N3O2S. The van der Waals surface area contributed by atoms with Crippen molar-refractivity contribution in [2.45, 2.75) is 38.0 Å². The first-order valence-electron chi connectivity index (χ1n) is 9.23. The van der Waals surface area contributed by atoms with Gasteiger partial charge in [0.05, 0.1) is 6.26 Å². The smallest absolute Gasteiger partial charge is 0.433 e. The highest BCUT2D eigenvalue weighted by Gasteiger charge is 2.34. The zero-order valence-corrected chi connectivity index (χ0v) is 17.2. The predicted molar refractivity (Wildman–Crippen MR) is 109 cm³/mol. The zero-order valence-electron chi connectivity index (χ0n) is 16.4. The van der Waals surface area contributed by atoms with Crippen molar-refractivity contribution in [1.82, 2.24) is 9.97 Å². The van der Waals surface area contributed by atoms with E-state index in [1.165, 1.54) is 12.3 Å². The molecule has 0 spiro atoms. The summed E-state index contributed by atoms with van der Waals surface area (Å²) >= 11 is 1.07. The van der Waals surface area contributed by atoms with Crippen molar-refractivity contribution in [2.75, 3.05) is 11.1 Å². The van der Waals surface area contributed by atoms with Gasteiger partial charge in [-0.15, -0.1) is 0 Å². The van der Waals surface area contributed by atoms with Crippen LogP contribution in [0.25, 0.3) is 11.5 Å². The van der Waals surface area contributed by atoms with Gasteiger partial charge in [-0.2, -0.15) is 13.2 Å². The van der Waals surface area contributed by atoms with Gasteiger partial charge in [0.2, 0.25) is 5.91 Å². The zero-order chi connectivity index (χ0) is 21.7. The second-order valence-corrected chi connectivity index (χ2v) is 7.73. The van der Waals surface area contributed by atoms with E-state index in [0.29, 0.717) is 12.2 Å². The van der Waals surface area contributed by atoms with E-state index in [-0.39, 0.29) is 28.9 Å². The van der Waals surface area contributed by atoms with E-state index < -0.39 is 11.9 Å². The van der Waals surface area contributed by atoms with Crippen molar-refractivity contribution in [2.24, 2.45) is 0 Å². The maximum atomic E-state index is 13.2. The largest absolute Gasteiger partial charge is 0.463 e. The SMILES string of the molecule is Cc1cccc(C)c1NC(=O)CCCSc1nc(-c2ccco2)cc(C(F)(F)F)n1. The number of benzene rings is 1. The number of hydrogen-bond acceptors (Lipinski definition) is 5. The average Bonchev–Trinajstić information content (AvgIpc) is 3.22. The summed E-state index contributed by atoms with van der Waals surface area (Å²) in [7, 11) is 0. The van der Waals surface area contributed by atoms with E-state index in [1.807, 2.05) is 32.0 Å². The van der Waals surface area contributed by atoms with Crippen LogP contribution in [0.4, 0.5) is 18.9 Å². The molecule has 3 rings (SSSR count). The first kappa shape index (κ1) is 21.9. The number of furan rings is 1. The van der Waals surface area contributed by atoms with E-state index in [4.69, 9.17) is 4.42 Å². The number of nitrogens with zero attached hydrogens (tertiary/aromatic N) is 2. The topological polar surface area (TPSA) is 68.0 Å². The Kier molecular flexibility index (Phi) is 6.81. The van der Waals surface area contributed by atoms with Crippen molar-refractivity contribution < 1.29 is 22.4 Å². The molecule has 0 atom stereocenters. The van der Waals surface area contributed by atoms with E-state index in [9.17, 15) is 18.0 Å². The van der Waals surface area contributed by atoms with Crippen LogP contribution in [0.1, 0.15) is 29.7 Å². The van der Waals surface area contributed by atoms with Crippen LogP contribution >= 0.6 is 11.8 Å². The molecule has 5 nitrogen and oxygen atoms in total. The highest BCUT2D eigenvalue weighted by molar-refractivity contribution is 7.99. The molecule has 0 radical (unpaired) electrons. The molecule has 0 saturated carbocycles. The fraction of sp³-hybridized carbons (Fsp3) is 0.286. The second-order valence-electron chi connectivity index (χ2n) is 6.66. The molecule has 0 aliphatic carbocycles. The lowest BCUT2D eigenvalue weighted by Gasteiger charge is -2.11. The molecule has 2 heterocycles. The summed E-state index contributed by atoms with van der Waals surface area (Å²) in [5.74, 6) is 0.492. The first-order valence-corrected chi connectivity index (χ1v) is 10.2. The molecule has 9 heteroatoms. The minimum absolute atomic E-state index is 0.00798. The van der Waals surface area contributed by atoms with Crippen LogP contribution in [0.15, 0.2) is 52.2 Å². The van der Waals surface area contributed by atoms with E-state index in [1.54, 1.807) is 6.07 Å². The number of thioether (sulfide) groups is 1. The number of halogens is 3. The standard InChI is InChI=1S/C21H20F3N3O2S/c1-13-6-3-7-14(2)19(13)27-18(28)9-5-11-30-20-25-15(16-8-4-10-29-16)12-17(26-20)21(22,23)24/h3-4,6-8,10,12H,5,9,11H2,1-2H3,(H,27,28). The van der Waals surface area contributed by atoms with Gasteiger partial charge in [0.1, 0.15) is 11.4 Å². The molecule has 0 fully saturated rings. The van der Waals surface area contributed by atoms with Crippen molar-refractivity contribution in [3.63, 3.8) is 0 Å². The fourth-order valence-electron chi connectivity index (χ4n) is 2.80. The Morgan fingerprint density at radius 1 is 1.13 bits per heavy atom. The number of carbonyl (C=O) groups excluding carboxylic acids is 1. The highest BCUT2D eigenvalue weighted by Crippen LogP contribution is 2.32. The number of hydrogen-bond donors (Lipinski definition) is 1. The summed E-state index contributed by atoms with van der Waals surface area (Å²) < 4.78 is 44.7. The van der Waals surface area contributed by atoms with E-state index in [2.05, 4.69) is 15.3 Å². The van der Waals surface area contributed by atoms with Gasteiger partial charge in [0.25, 0.3) is 0 Å². The summed E-state index contributed by atoms with van der Waals surface area (Å²) in [5, 5.41) is 2.89. The van der Waals surface area contributed by atoms with Crippen molar-refractivity contribution in [1.29, 1.82) is 0 Å². The third-order valence-electron chi connectivity index (χ3n) is 4.29. The number of rotatable bonds is 7. The van der Waals surface area contributed by atoms with Gasteiger partial charge in [0, 0.05) is 17.9 Å². The normalized spacial score (nSPS) is 11.5. The van der Waals surface area contributed by atoms with Gasteiger partial charge in [0.15, 0.2) is 10.9 Å². The maximum absolute atomic E-state index is 13.2. The third-order valence-corrected chi connectivity index (χ3v) is 5.23. The summed E-state index contributed by atoms with van der Waals surface area (Å²) in [6.07, 6.45) is -2.51. The van der Waals surface area contributed by atoms with Gasteiger partial charge >= 0.3 is 6.18 Å². The summed E-state index contributed by atoms with van der Waals surface area (Å²) in [6, 6.07) is 9.73. The molecule has 30 heavy (non-hydrogen) atoms. The number of alkyl halides is 3. The Balaban J connectivity index is 1.60. The molecule has 1 aromatic carbocycles. The predicted octanol–water partition coefficient (Wildman–Crippen LogP) is 5.88. The number of para-hydroxylation sites is 1. The van der Waals surface area contributed by atoms with Gasteiger partial charge < -0.3 is 9.73 Å². The first-order chi connectivity index (χ1) is 14.2. The van der Waals surface area contributed by atoms with Crippen LogP contribution in [0.2, 0.25) is 0 Å². The lowest BCUT2D eigenvalue weighted by molar-refractivity contribution is -0.141. The van der Waals surface area contributed by atoms with Crippen molar-refractivity contribution >= 4 is 23.4 Å². The average molecular weight is 435 g/mol. The minimum atomic E-state index is -4.59. The molecule has 0 bridgehead atoms. The Bertz CT molecular complexity index is 1000. The number of aromatic nitrogens is 2. The number of carbonyl (C=O) groups is 1. The van der Waals surface area contributed by atoms with Gasteiger partial charge in [-0.1, -0.05) is 30.0 Å². The van der Waals surface area contributed by atoms with Crippen LogP contribution < -0.4 is 5.32 Å². The van der Waals surface area contributed by atoms with E-state index >= 15 is 0 Å². The molecule has 0 aliphatic heterocycles. The van der Waals surface area contributed by atoms with Crippen LogP contribution in [0.3, 0.4) is 0 Å². The molecule has 0 unspecified atom stereocenters. The Morgan fingerprint density at radius 2 is 1.87 bits per heavy atom. The molecule has 2 aromatic heterocycles.